The first-order chi connectivity index (χ1) is 14.5. The Hall–Kier alpha value is -2.89. The van der Waals surface area contributed by atoms with Crippen LogP contribution < -0.4 is 5.32 Å². The number of benzene rings is 2. The Labute approximate surface area is 174 Å². The molecule has 31 heavy (non-hydrogen) atoms. The largest absolute Gasteiger partial charge is 0.416 e. The molecule has 3 rings (SSSR count). The summed E-state index contributed by atoms with van der Waals surface area (Å²) < 4.78 is 67.3. The minimum atomic E-state index is -4.53. The molecule has 0 aliphatic carbocycles. The minimum absolute atomic E-state index is 0.0996. The third kappa shape index (κ3) is 5.06. The van der Waals surface area contributed by atoms with Crippen LogP contribution in [0.15, 0.2) is 55.1 Å². The van der Waals surface area contributed by atoms with E-state index < -0.39 is 41.2 Å². The molecule has 6 nitrogen and oxygen atoms in total. The lowest BCUT2D eigenvalue weighted by molar-refractivity contribution is -0.137. The molecule has 0 saturated carbocycles. The van der Waals surface area contributed by atoms with E-state index in [4.69, 9.17) is 0 Å². The first-order valence-electron chi connectivity index (χ1n) is 9.12. The highest BCUT2D eigenvalue weighted by molar-refractivity contribution is 5.28. The van der Waals surface area contributed by atoms with Crippen LogP contribution in [-0.2, 0) is 18.3 Å². The van der Waals surface area contributed by atoms with Crippen LogP contribution in [0.4, 0.5) is 22.0 Å². The Balaban J connectivity index is 1.88. The van der Waals surface area contributed by atoms with Crippen molar-refractivity contribution in [2.45, 2.75) is 37.5 Å². The number of nitrogens with one attached hydrogen (secondary N) is 1. The van der Waals surface area contributed by atoms with Crippen molar-refractivity contribution in [1.82, 2.24) is 20.1 Å². The van der Waals surface area contributed by atoms with Crippen LogP contribution in [-0.4, -0.2) is 31.0 Å². The quantitative estimate of drug-likeness (QED) is 0.387. The van der Waals surface area contributed by atoms with E-state index in [9.17, 15) is 32.2 Å². The predicted molar refractivity (Wildman–Crippen MR) is 99.3 cm³/mol. The highest BCUT2D eigenvalue weighted by Gasteiger charge is 2.40. The van der Waals surface area contributed by atoms with Crippen molar-refractivity contribution in [3.8, 4) is 0 Å². The number of nitrogens with zero attached hydrogens (tertiary/aromatic N) is 3. The van der Waals surface area contributed by atoms with Gasteiger partial charge in [0.1, 0.15) is 36.1 Å². The Bertz CT molecular complexity index is 1010. The molecule has 166 valence electrons. The van der Waals surface area contributed by atoms with Gasteiger partial charge >= 0.3 is 6.18 Å². The fourth-order valence-electron chi connectivity index (χ4n) is 3.18. The SMILES string of the molecule is CC(N[C@H](O)c1ccc(C(F)(F)F)cc1)[C@](O)(Cn1cncn1)c1ccc(F)cc1F. The van der Waals surface area contributed by atoms with Gasteiger partial charge in [-0.2, -0.15) is 18.3 Å². The van der Waals surface area contributed by atoms with Gasteiger partial charge in [0.2, 0.25) is 0 Å². The summed E-state index contributed by atoms with van der Waals surface area (Å²) in [6, 6.07) is 5.39. The molecule has 0 aliphatic rings. The maximum absolute atomic E-state index is 14.5. The summed E-state index contributed by atoms with van der Waals surface area (Å²) in [4.78, 5) is 3.76. The Morgan fingerprint density at radius 1 is 1.10 bits per heavy atom. The number of halogens is 5. The second kappa shape index (κ2) is 8.69. The fourth-order valence-corrected chi connectivity index (χ4v) is 3.18. The number of alkyl halides is 3. The summed E-state index contributed by atoms with van der Waals surface area (Å²) in [5.41, 5.74) is -3.07. The zero-order chi connectivity index (χ0) is 22.8. The molecule has 3 aromatic rings. The third-order valence-corrected chi connectivity index (χ3v) is 4.95. The van der Waals surface area contributed by atoms with Gasteiger partial charge in [-0.15, -0.1) is 0 Å². The van der Waals surface area contributed by atoms with E-state index in [0.29, 0.717) is 6.07 Å². The van der Waals surface area contributed by atoms with Crippen LogP contribution >= 0.6 is 0 Å². The van der Waals surface area contributed by atoms with Crippen molar-refractivity contribution in [3.63, 3.8) is 0 Å². The molecule has 0 aliphatic heterocycles. The summed E-state index contributed by atoms with van der Waals surface area (Å²) in [5.74, 6) is -1.85. The van der Waals surface area contributed by atoms with Gasteiger partial charge < -0.3 is 10.2 Å². The molecule has 3 N–H and O–H groups in total. The van der Waals surface area contributed by atoms with Gasteiger partial charge in [-0.1, -0.05) is 18.2 Å². The Morgan fingerprint density at radius 3 is 2.32 bits per heavy atom. The number of aliphatic hydroxyl groups excluding tert-OH is 1. The zero-order valence-electron chi connectivity index (χ0n) is 16.2. The molecule has 2 aromatic carbocycles. The number of rotatable bonds is 7. The molecule has 0 bridgehead atoms. The smallest absolute Gasteiger partial charge is 0.381 e. The van der Waals surface area contributed by atoms with Gasteiger partial charge in [-0.25, -0.2) is 18.4 Å². The monoisotopic (exact) mass is 442 g/mol. The number of aliphatic hydroxyl groups is 2. The first kappa shape index (κ1) is 22.8. The van der Waals surface area contributed by atoms with Crippen molar-refractivity contribution in [3.05, 3.63) is 83.4 Å². The van der Waals surface area contributed by atoms with Gasteiger partial charge in [-0.05, 0) is 30.7 Å². The van der Waals surface area contributed by atoms with Gasteiger partial charge in [0.25, 0.3) is 0 Å². The number of aromatic nitrogens is 3. The van der Waals surface area contributed by atoms with Crippen LogP contribution in [0.25, 0.3) is 0 Å². The zero-order valence-corrected chi connectivity index (χ0v) is 16.2. The standard InChI is InChI=1S/C20H19F5N4O2/c1-12(28-18(30)13-2-4-14(5-3-13)20(23,24)25)19(31,9-29-11-26-10-27-29)16-7-6-15(21)8-17(16)22/h2-8,10-12,18,28,30-31H,9H2,1H3/t12?,18-,19-/m1/s1. The molecule has 0 saturated heterocycles. The van der Waals surface area contributed by atoms with E-state index in [1.807, 2.05) is 0 Å². The molecule has 0 fully saturated rings. The number of hydrogen-bond acceptors (Lipinski definition) is 5. The van der Waals surface area contributed by atoms with Crippen molar-refractivity contribution < 1.29 is 32.2 Å². The van der Waals surface area contributed by atoms with E-state index in [-0.39, 0.29) is 17.7 Å². The van der Waals surface area contributed by atoms with Gasteiger partial charge in [0.05, 0.1) is 12.1 Å². The molecule has 0 radical (unpaired) electrons. The highest BCUT2D eigenvalue weighted by Crippen LogP contribution is 2.32. The molecule has 1 unspecified atom stereocenters. The third-order valence-electron chi connectivity index (χ3n) is 4.95. The maximum Gasteiger partial charge on any atom is 0.416 e. The topological polar surface area (TPSA) is 83.2 Å². The van der Waals surface area contributed by atoms with E-state index in [1.54, 1.807) is 0 Å². The van der Waals surface area contributed by atoms with Crippen LogP contribution in [0.2, 0.25) is 0 Å². The van der Waals surface area contributed by atoms with E-state index in [0.717, 1.165) is 36.4 Å². The molecule has 3 atom stereocenters. The predicted octanol–water partition coefficient (Wildman–Crippen LogP) is 3.13. The van der Waals surface area contributed by atoms with Crippen molar-refractivity contribution in [2.24, 2.45) is 0 Å². The second-order valence-corrected chi connectivity index (χ2v) is 7.05. The number of hydrogen-bond donors (Lipinski definition) is 3. The summed E-state index contributed by atoms with van der Waals surface area (Å²) in [6.45, 7) is 1.14. The van der Waals surface area contributed by atoms with Crippen LogP contribution in [0.3, 0.4) is 0 Å². The normalized spacial score (nSPS) is 16.0. The van der Waals surface area contributed by atoms with Gasteiger partial charge in [-0.3, -0.25) is 5.32 Å². The Kier molecular flexibility index (Phi) is 6.39. The van der Waals surface area contributed by atoms with E-state index in [2.05, 4.69) is 15.4 Å². The molecular weight excluding hydrogens is 423 g/mol. The van der Waals surface area contributed by atoms with Crippen molar-refractivity contribution in [2.75, 3.05) is 0 Å². The Morgan fingerprint density at radius 2 is 1.77 bits per heavy atom. The second-order valence-electron chi connectivity index (χ2n) is 7.05. The lowest BCUT2D eigenvalue weighted by atomic mass is 9.86. The van der Waals surface area contributed by atoms with Gasteiger partial charge in [0.15, 0.2) is 0 Å². The molecule has 1 heterocycles. The summed E-state index contributed by atoms with van der Waals surface area (Å²) >= 11 is 0. The summed E-state index contributed by atoms with van der Waals surface area (Å²) in [7, 11) is 0. The van der Waals surface area contributed by atoms with Crippen molar-refractivity contribution >= 4 is 0 Å². The van der Waals surface area contributed by atoms with Gasteiger partial charge in [0, 0.05) is 17.7 Å². The lowest BCUT2D eigenvalue weighted by Crippen LogP contribution is -2.51. The van der Waals surface area contributed by atoms with Crippen molar-refractivity contribution in [1.29, 1.82) is 0 Å². The average Bonchev–Trinajstić information content (AvgIpc) is 3.19. The molecular formula is C20H19F5N4O2. The molecule has 1 aromatic heterocycles. The fraction of sp³-hybridized carbons (Fsp3) is 0.300. The van der Waals surface area contributed by atoms with E-state index in [1.165, 1.54) is 24.3 Å². The molecule has 0 spiro atoms. The first-order valence-corrected chi connectivity index (χ1v) is 9.12. The summed E-state index contributed by atoms with van der Waals surface area (Å²) in [6.07, 6.45) is -3.52. The maximum atomic E-state index is 14.5. The van der Waals surface area contributed by atoms with Crippen LogP contribution in [0.5, 0.6) is 0 Å². The van der Waals surface area contributed by atoms with Crippen LogP contribution in [0, 0.1) is 11.6 Å². The van der Waals surface area contributed by atoms with E-state index >= 15 is 0 Å². The minimum Gasteiger partial charge on any atom is -0.381 e. The average molecular weight is 442 g/mol. The van der Waals surface area contributed by atoms with Crippen LogP contribution in [0.1, 0.15) is 29.8 Å². The molecule has 11 heteroatoms. The summed E-state index contributed by atoms with van der Waals surface area (Å²) in [5, 5.41) is 28.3. The lowest BCUT2D eigenvalue weighted by Gasteiger charge is -2.36. The highest BCUT2D eigenvalue weighted by atomic mass is 19.4. The molecule has 0 amide bonds.